The van der Waals surface area contributed by atoms with Crippen molar-refractivity contribution >= 4 is 11.4 Å². The van der Waals surface area contributed by atoms with Crippen molar-refractivity contribution in [3.8, 4) is 5.75 Å². The zero-order valence-electron chi connectivity index (χ0n) is 6.65. The molecule has 1 unspecified atom stereocenters. The van der Waals surface area contributed by atoms with Gasteiger partial charge in [-0.2, -0.15) is 8.39 Å². The number of rotatable bonds is 3. The van der Waals surface area contributed by atoms with Crippen molar-refractivity contribution in [3.63, 3.8) is 0 Å². The van der Waals surface area contributed by atoms with E-state index in [4.69, 9.17) is 0 Å². The molecule has 1 rings (SSSR count). The second-order valence-corrected chi connectivity index (χ2v) is 2.87. The molecule has 78 valence electrons. The van der Waals surface area contributed by atoms with Crippen LogP contribution in [0.15, 0.2) is 30.3 Å². The molecule has 0 aliphatic rings. The highest BCUT2D eigenvalue weighted by Crippen LogP contribution is 2.19. The summed E-state index contributed by atoms with van der Waals surface area (Å²) in [4.78, 5) is 0. The molecule has 14 heavy (non-hydrogen) atoms. The van der Waals surface area contributed by atoms with Crippen LogP contribution in [0.4, 0.5) is 13.2 Å². The van der Waals surface area contributed by atoms with Gasteiger partial charge in [0.2, 0.25) is 0 Å². The molecule has 0 saturated heterocycles. The molecule has 7 heteroatoms. The van der Waals surface area contributed by atoms with Crippen LogP contribution in [0.5, 0.6) is 5.75 Å². The van der Waals surface area contributed by atoms with E-state index in [-0.39, 0.29) is 5.75 Å². The molecule has 1 atom stereocenters. The maximum Gasteiger partial charge on any atom is 0.537 e. The molecule has 1 aromatic carbocycles. The highest BCUT2D eigenvalue weighted by atomic mass is 32.2. The van der Waals surface area contributed by atoms with Gasteiger partial charge in [-0.05, 0) is 12.1 Å². The predicted octanol–water partition coefficient (Wildman–Crippen LogP) is 2.18. The van der Waals surface area contributed by atoms with Gasteiger partial charge in [-0.25, -0.2) is 0 Å². The van der Waals surface area contributed by atoms with Crippen molar-refractivity contribution in [1.82, 2.24) is 0 Å². The highest BCUT2D eigenvalue weighted by Gasteiger charge is 2.34. The van der Waals surface area contributed by atoms with Crippen LogP contribution in [0.2, 0.25) is 0 Å². The number of alkyl halides is 3. The lowest BCUT2D eigenvalue weighted by Crippen LogP contribution is -2.18. The summed E-state index contributed by atoms with van der Waals surface area (Å²) in [7, 11) is 0. The lowest BCUT2D eigenvalue weighted by atomic mass is 10.3. The third-order valence-electron chi connectivity index (χ3n) is 1.07. The summed E-state index contributed by atoms with van der Waals surface area (Å²) in [5.41, 5.74) is 0. The molecule has 0 bridgehead atoms. The van der Waals surface area contributed by atoms with Gasteiger partial charge in [0, 0.05) is 0 Å². The van der Waals surface area contributed by atoms with Crippen LogP contribution in [-0.4, -0.2) is 10.6 Å². The fraction of sp³-hybridized carbons (Fsp3) is 0.143. The lowest BCUT2D eigenvalue weighted by Gasteiger charge is -2.06. The first-order valence-electron chi connectivity index (χ1n) is 3.39. The van der Waals surface area contributed by atoms with Crippen molar-refractivity contribution in [1.29, 1.82) is 0 Å². The molecule has 0 aliphatic carbocycles. The Kier molecular flexibility index (Phi) is 3.48. The van der Waals surface area contributed by atoms with Crippen LogP contribution in [0, 0.1) is 0 Å². The van der Waals surface area contributed by atoms with Crippen LogP contribution in [0.25, 0.3) is 0 Å². The molecule has 0 amide bonds. The normalized spacial score (nSPS) is 13.6. The minimum atomic E-state index is -4.97. The maximum atomic E-state index is 11.5. The zero-order valence-corrected chi connectivity index (χ0v) is 7.47. The van der Waals surface area contributed by atoms with E-state index >= 15 is 0 Å². The van der Waals surface area contributed by atoms with E-state index in [9.17, 15) is 17.4 Å². The van der Waals surface area contributed by atoms with Gasteiger partial charge >= 0.3 is 17.7 Å². The fourth-order valence-corrected chi connectivity index (χ4v) is 1.11. The Hall–Kier alpha value is -1.08. The van der Waals surface area contributed by atoms with Crippen LogP contribution in [-0.2, 0) is 15.5 Å². The van der Waals surface area contributed by atoms with E-state index in [2.05, 4.69) is 8.37 Å². The smallest absolute Gasteiger partial charge is 0.380 e. The van der Waals surface area contributed by atoms with Crippen LogP contribution < -0.4 is 4.18 Å². The summed E-state index contributed by atoms with van der Waals surface area (Å²) in [6.45, 7) is 0. The number of hydrogen-bond acceptors (Lipinski definition) is 3. The second kappa shape index (κ2) is 4.43. The molecule has 0 aliphatic heterocycles. The minimum Gasteiger partial charge on any atom is -0.380 e. The van der Waals surface area contributed by atoms with Crippen LogP contribution in [0.3, 0.4) is 0 Å². The summed E-state index contributed by atoms with van der Waals surface area (Å²) in [6.07, 6.45) is -4.97. The van der Waals surface area contributed by atoms with E-state index in [1.54, 1.807) is 6.07 Å². The van der Waals surface area contributed by atoms with Gasteiger partial charge in [0.1, 0.15) is 5.75 Å². The molecule has 0 N–H and O–H groups in total. The first-order valence-corrected chi connectivity index (χ1v) is 4.39. The number of para-hydroxylation sites is 1. The fourth-order valence-electron chi connectivity index (χ4n) is 0.649. The third kappa shape index (κ3) is 4.24. The van der Waals surface area contributed by atoms with Gasteiger partial charge in [-0.15, -0.1) is 13.2 Å². The summed E-state index contributed by atoms with van der Waals surface area (Å²) in [5.74, 6) is 0.0371. The molecular formula is C7H5F3O3S. The van der Waals surface area contributed by atoms with E-state index in [1.165, 1.54) is 24.3 Å². The Morgan fingerprint density at radius 1 is 1.14 bits per heavy atom. The average molecular weight is 226 g/mol. The third-order valence-corrected chi connectivity index (χ3v) is 1.72. The molecule has 0 radical (unpaired) electrons. The van der Waals surface area contributed by atoms with Gasteiger partial charge in [0.15, 0.2) is 0 Å². The maximum absolute atomic E-state index is 11.5. The highest BCUT2D eigenvalue weighted by molar-refractivity contribution is 7.75. The molecule has 0 fully saturated rings. The van der Waals surface area contributed by atoms with Gasteiger partial charge in [0.25, 0.3) is 0 Å². The van der Waals surface area contributed by atoms with Gasteiger partial charge < -0.3 is 4.18 Å². The summed E-state index contributed by atoms with van der Waals surface area (Å²) < 4.78 is 52.5. The van der Waals surface area contributed by atoms with Crippen LogP contribution >= 0.6 is 0 Å². The lowest BCUT2D eigenvalue weighted by molar-refractivity contribution is -0.271. The number of hydrogen-bond donors (Lipinski definition) is 0. The van der Waals surface area contributed by atoms with E-state index in [1.807, 2.05) is 0 Å². The monoisotopic (exact) mass is 226 g/mol. The molecule has 1 aromatic rings. The second-order valence-electron chi connectivity index (χ2n) is 2.13. The van der Waals surface area contributed by atoms with Crippen molar-refractivity contribution in [2.24, 2.45) is 0 Å². The predicted molar refractivity (Wildman–Crippen MR) is 42.4 cm³/mol. The Labute approximate surface area is 80.3 Å². The molecule has 0 saturated carbocycles. The van der Waals surface area contributed by atoms with E-state index in [0.717, 1.165) is 0 Å². The molecule has 0 heterocycles. The summed E-state index contributed by atoms with van der Waals surface area (Å²) >= 11 is -2.87. The Morgan fingerprint density at radius 3 is 2.21 bits per heavy atom. The standard InChI is InChI=1S/C7H5F3O3S/c8-7(9,10)13-14(11)12-6-4-2-1-3-5-6/h1-5H. The van der Waals surface area contributed by atoms with Crippen molar-refractivity contribution in [2.45, 2.75) is 6.36 Å². The van der Waals surface area contributed by atoms with Crippen molar-refractivity contribution in [3.05, 3.63) is 30.3 Å². The largest absolute Gasteiger partial charge is 0.537 e. The van der Waals surface area contributed by atoms with Crippen molar-refractivity contribution in [2.75, 3.05) is 0 Å². The Bertz CT molecular complexity index is 312. The average Bonchev–Trinajstić information content (AvgIpc) is 2.02. The Morgan fingerprint density at radius 2 is 1.71 bits per heavy atom. The Balaban J connectivity index is 2.50. The van der Waals surface area contributed by atoms with E-state index in [0.29, 0.717) is 0 Å². The van der Waals surface area contributed by atoms with Gasteiger partial charge in [-0.1, -0.05) is 18.2 Å². The first-order chi connectivity index (χ1) is 6.47. The van der Waals surface area contributed by atoms with Gasteiger partial charge in [-0.3, -0.25) is 0 Å². The molecule has 0 aromatic heterocycles. The number of benzene rings is 1. The first kappa shape index (κ1) is 11.0. The summed E-state index contributed by atoms with van der Waals surface area (Å²) in [6, 6.07) is 7.41. The zero-order chi connectivity index (χ0) is 10.6. The molecular weight excluding hydrogens is 221 g/mol. The SMILES string of the molecule is O=S(Oc1ccccc1)OC(F)(F)F. The minimum absolute atomic E-state index is 0.0371. The van der Waals surface area contributed by atoms with Gasteiger partial charge in [0.05, 0.1) is 0 Å². The quantitative estimate of drug-likeness (QED) is 0.792. The topological polar surface area (TPSA) is 35.5 Å². The van der Waals surface area contributed by atoms with Crippen molar-refractivity contribution < 1.29 is 25.7 Å². The van der Waals surface area contributed by atoms with Crippen LogP contribution in [0.1, 0.15) is 0 Å². The summed E-state index contributed by atoms with van der Waals surface area (Å²) in [5, 5.41) is 0. The number of halogens is 3. The van der Waals surface area contributed by atoms with E-state index < -0.39 is 17.7 Å². The molecule has 3 nitrogen and oxygen atoms in total. The molecule has 0 spiro atoms.